The first-order chi connectivity index (χ1) is 29.4. The van der Waals surface area contributed by atoms with Crippen LogP contribution in [0.5, 0.6) is 17.2 Å². The predicted octanol–water partition coefficient (Wildman–Crippen LogP) is 12.6. The Hall–Kier alpha value is -6.83. The summed E-state index contributed by atoms with van der Waals surface area (Å²) in [4.78, 5) is 0. The highest BCUT2D eigenvalue weighted by molar-refractivity contribution is 6.40. The van der Waals surface area contributed by atoms with Crippen molar-refractivity contribution < 1.29 is 115 Å². The van der Waals surface area contributed by atoms with Crippen molar-refractivity contribution in [1.29, 1.82) is 0 Å². The lowest BCUT2D eigenvalue weighted by atomic mass is 9.90. The Morgan fingerprint density at radius 2 is 0.333 bits per heavy atom. The summed E-state index contributed by atoms with van der Waals surface area (Å²) >= 11 is 0. The van der Waals surface area contributed by atoms with Gasteiger partial charge in [-0.1, -0.05) is 0 Å². The Kier molecular flexibility index (Phi) is 9.59. The molecule has 0 aliphatic carbocycles. The lowest BCUT2D eigenvalue weighted by Crippen LogP contribution is -2.39. The Balaban J connectivity index is 1.49. The molecule has 326 valence electrons. The molecule has 0 aliphatic rings. The van der Waals surface area contributed by atoms with Crippen LogP contribution in [0.3, 0.4) is 0 Å². The summed E-state index contributed by atoms with van der Waals surface area (Å²) in [6, 6.07) is 0. The molecular weight excluding hydrogens is 928 g/mol. The molecule has 0 fully saturated rings. The summed E-state index contributed by atoms with van der Waals surface area (Å²) < 4.78 is 359. The second-order valence-corrected chi connectivity index (χ2v) is 12.6. The van der Waals surface area contributed by atoms with Gasteiger partial charge in [-0.25, -0.2) is 83.4 Å². The Labute approximate surface area is 327 Å². The number of benzene rings is 8. The topological polar surface area (TPSA) is 27.7 Å². The lowest BCUT2D eigenvalue weighted by molar-refractivity contribution is 0.268. The van der Waals surface area contributed by atoms with E-state index in [0.29, 0.717) is 0 Å². The van der Waals surface area contributed by atoms with Crippen LogP contribution >= 0.6 is 0 Å². The van der Waals surface area contributed by atoms with Crippen LogP contribution in [0.25, 0.3) is 53.9 Å². The van der Waals surface area contributed by atoms with Crippen LogP contribution in [-0.4, -0.2) is 7.32 Å². The largest absolute Gasteiger partial charge is 0.864 e. The first kappa shape index (κ1) is 42.8. The minimum atomic E-state index is -4.24. The van der Waals surface area contributed by atoms with Crippen LogP contribution in [0, 0.1) is 134 Å². The zero-order chi connectivity index (χ0) is 46.5. The molecule has 0 heterocycles. The molecule has 0 spiro atoms. The van der Waals surface area contributed by atoms with E-state index in [-0.39, 0.29) is 0 Å². The Morgan fingerprint density at radius 1 is 0.159 bits per heavy atom. The highest BCUT2D eigenvalue weighted by atomic mass is 19.2. The van der Waals surface area contributed by atoms with Crippen LogP contribution in [0.4, 0.5) is 101 Å². The van der Waals surface area contributed by atoms with Gasteiger partial charge in [0.15, 0.2) is 98.7 Å². The molecule has 3 nitrogen and oxygen atoms in total. The van der Waals surface area contributed by atoms with E-state index in [1.165, 1.54) is 0 Å². The number of fused-ring (bicyclic) bond motifs is 2. The van der Waals surface area contributed by atoms with Gasteiger partial charge in [0.2, 0.25) is 40.7 Å². The van der Waals surface area contributed by atoms with E-state index >= 15 is 48.3 Å². The van der Waals surface area contributed by atoms with E-state index in [0.717, 1.165) is 0 Å². The van der Waals surface area contributed by atoms with Crippen LogP contribution in [-0.2, 0) is 0 Å². The average molecular weight is 928 g/mol. The van der Waals surface area contributed by atoms with Crippen LogP contribution in [0.1, 0.15) is 0 Å². The van der Waals surface area contributed by atoms with Crippen molar-refractivity contribution in [3.05, 3.63) is 134 Å². The molecule has 0 N–H and O–H groups in total. The lowest BCUT2D eigenvalue weighted by Gasteiger charge is -2.23. The van der Waals surface area contributed by atoms with E-state index in [1.807, 2.05) is 0 Å². The highest BCUT2D eigenvalue weighted by Gasteiger charge is 2.44. The van der Waals surface area contributed by atoms with Crippen LogP contribution < -0.4 is 14.0 Å². The predicted molar refractivity (Wildman–Crippen MR) is 165 cm³/mol. The van der Waals surface area contributed by atoms with Gasteiger partial charge in [-0.3, -0.25) is 0 Å². The molecule has 0 saturated heterocycles. The van der Waals surface area contributed by atoms with Gasteiger partial charge in [-0.2, -0.15) is 17.6 Å². The molecule has 0 aromatic heterocycles. The summed E-state index contributed by atoms with van der Waals surface area (Å²) in [6.45, 7) is 0. The molecule has 0 amide bonds. The third-order valence-corrected chi connectivity index (χ3v) is 9.41. The zero-order valence-corrected chi connectivity index (χ0v) is 28.5. The summed E-state index contributed by atoms with van der Waals surface area (Å²) in [5.41, 5.74) is 0. The Bertz CT molecular complexity index is 3380. The maximum Gasteiger partial charge on any atom is 0.864 e. The number of hydrogen-bond acceptors (Lipinski definition) is 3. The van der Waals surface area contributed by atoms with Crippen LogP contribution in [0.15, 0.2) is 0 Å². The highest BCUT2D eigenvalue weighted by Crippen LogP contribution is 2.49. The molecule has 8 aromatic rings. The maximum atomic E-state index is 16.1. The zero-order valence-electron chi connectivity index (χ0n) is 28.5. The van der Waals surface area contributed by atoms with Crippen molar-refractivity contribution in [3.63, 3.8) is 0 Å². The summed E-state index contributed by atoms with van der Waals surface area (Å²) in [6.07, 6.45) is 0. The van der Waals surface area contributed by atoms with Gasteiger partial charge in [0.1, 0.15) is 11.6 Å². The van der Waals surface area contributed by atoms with E-state index in [1.54, 1.807) is 0 Å². The minimum Gasteiger partial charge on any atom is -0.486 e. The molecule has 0 saturated carbocycles. The fraction of sp³-hybridized carbons (Fsp3) is 0. The fourth-order valence-electron chi connectivity index (χ4n) is 6.71. The summed E-state index contributed by atoms with van der Waals surface area (Å²) in [5.74, 6) is -75.9. The van der Waals surface area contributed by atoms with Gasteiger partial charge >= 0.3 is 7.32 Å². The van der Waals surface area contributed by atoms with Gasteiger partial charge in [-0.15, -0.1) is 0 Å². The first-order valence-corrected chi connectivity index (χ1v) is 15.9. The quantitative estimate of drug-likeness (QED) is 0.0415. The van der Waals surface area contributed by atoms with Crippen molar-refractivity contribution in [3.8, 4) is 17.2 Å². The fourth-order valence-corrected chi connectivity index (χ4v) is 6.71. The third-order valence-electron chi connectivity index (χ3n) is 9.41. The minimum absolute atomic E-state index is 1.91. The molecule has 0 unspecified atom stereocenters. The molecule has 0 radical (unpaired) electrons. The normalized spacial score (nSPS) is 12.0. The van der Waals surface area contributed by atoms with E-state index in [2.05, 4.69) is 14.0 Å². The molecule has 0 bridgehead atoms. The number of halogens is 23. The maximum absolute atomic E-state index is 16.1. The molecular formula is C36BF23O3. The summed E-state index contributed by atoms with van der Waals surface area (Å²) in [7, 11) is -4.24. The van der Waals surface area contributed by atoms with Gasteiger partial charge in [-0.05, 0) is 0 Å². The van der Waals surface area contributed by atoms with Gasteiger partial charge in [0.25, 0.3) is 0 Å². The third kappa shape index (κ3) is 5.45. The first-order valence-electron chi connectivity index (χ1n) is 15.9. The second-order valence-electron chi connectivity index (χ2n) is 12.6. The number of rotatable bonds is 6. The molecule has 0 atom stereocenters. The van der Waals surface area contributed by atoms with E-state index < -0.39 is 212 Å². The second kappa shape index (κ2) is 14.1. The van der Waals surface area contributed by atoms with Crippen molar-refractivity contribution >= 4 is 61.2 Å². The van der Waals surface area contributed by atoms with Crippen molar-refractivity contribution in [2.75, 3.05) is 0 Å². The molecule has 8 rings (SSSR count). The number of hydrogen-bond donors (Lipinski definition) is 0. The Morgan fingerprint density at radius 3 is 0.746 bits per heavy atom. The molecule has 63 heavy (non-hydrogen) atoms. The van der Waals surface area contributed by atoms with Crippen molar-refractivity contribution in [1.82, 2.24) is 0 Å². The summed E-state index contributed by atoms with van der Waals surface area (Å²) in [5, 5.41) is -22.6. The van der Waals surface area contributed by atoms with Crippen molar-refractivity contribution in [2.45, 2.75) is 0 Å². The molecule has 27 heteroatoms. The van der Waals surface area contributed by atoms with Gasteiger partial charge in [0.05, 0.1) is 43.1 Å². The monoisotopic (exact) mass is 928 g/mol. The van der Waals surface area contributed by atoms with Crippen molar-refractivity contribution in [2.24, 2.45) is 0 Å². The van der Waals surface area contributed by atoms with Gasteiger partial charge in [0, 0.05) is 10.8 Å². The van der Waals surface area contributed by atoms with E-state index in [9.17, 15) is 52.7 Å². The van der Waals surface area contributed by atoms with Crippen LogP contribution in [0.2, 0.25) is 0 Å². The van der Waals surface area contributed by atoms with E-state index in [4.69, 9.17) is 0 Å². The SMILES string of the molecule is Fc1c(F)c(F)c(OB(Oc2c(F)c(F)c(F)c3c(F)c4c(F)c(F)c(F)c(F)c4c(F)c23)Oc2c(F)c(F)c3c(F)c(F)c4c(F)c(F)c(F)c5c(F)c(F)c2c3c45)c(F)c1F. The smallest absolute Gasteiger partial charge is 0.486 e. The van der Waals surface area contributed by atoms with Gasteiger partial charge < -0.3 is 14.0 Å². The average Bonchev–Trinajstić information content (AvgIpc) is 3.24. The molecule has 0 aliphatic heterocycles. The molecule has 8 aromatic carbocycles. The standard InChI is InChI=1S/C36BF23O3/c38-11-6-7(19(46)25(52)24(51)18(6)45)12(39)10-8(11)20(47)26(53)31(58)35(10)62-37(63-36-32(59)28(55)27(54)29(56)33(36)60)61-34-9-2-1-3(13(40)14(41)5(2)21(48)30(34)57)16(43)23(50)17(44)4(1)15(42)22(9)49.